The van der Waals surface area contributed by atoms with Crippen molar-refractivity contribution in [2.75, 3.05) is 0 Å². The van der Waals surface area contributed by atoms with E-state index < -0.39 is 6.10 Å². The first kappa shape index (κ1) is 12.9. The standard InChI is InChI=1S/C15H20O4/c1-8-10-5-6-15(2)11(17)4-3-9(7-16)12(15)13(10)19-14(8)18/h7,9-13,17H,1,3-6H2,2H3. The van der Waals surface area contributed by atoms with Crippen LogP contribution >= 0.6 is 0 Å². The zero-order valence-electron chi connectivity index (χ0n) is 11.2. The highest BCUT2D eigenvalue weighted by Crippen LogP contribution is 2.57. The molecule has 4 heteroatoms. The summed E-state index contributed by atoms with van der Waals surface area (Å²) in [4.78, 5) is 23.1. The van der Waals surface area contributed by atoms with Gasteiger partial charge in [-0.2, -0.15) is 0 Å². The molecule has 0 spiro atoms. The normalized spacial score (nSPS) is 49.3. The van der Waals surface area contributed by atoms with Crippen LogP contribution in [0.15, 0.2) is 12.2 Å². The minimum absolute atomic E-state index is 0.0262. The molecule has 0 radical (unpaired) electrons. The lowest BCUT2D eigenvalue weighted by atomic mass is 9.52. The molecule has 1 N–H and O–H groups in total. The van der Waals surface area contributed by atoms with Crippen molar-refractivity contribution >= 4 is 12.3 Å². The lowest BCUT2D eigenvalue weighted by Gasteiger charge is -2.53. The van der Waals surface area contributed by atoms with E-state index in [9.17, 15) is 14.7 Å². The summed E-state index contributed by atoms with van der Waals surface area (Å²) in [5.41, 5.74) is 0.215. The zero-order valence-corrected chi connectivity index (χ0v) is 11.2. The molecule has 2 aliphatic carbocycles. The van der Waals surface area contributed by atoms with Crippen LogP contribution in [-0.4, -0.2) is 29.6 Å². The molecule has 3 fully saturated rings. The number of esters is 1. The van der Waals surface area contributed by atoms with Gasteiger partial charge in [0.2, 0.25) is 0 Å². The average molecular weight is 264 g/mol. The summed E-state index contributed by atoms with van der Waals surface area (Å²) < 4.78 is 5.48. The molecule has 1 saturated heterocycles. The molecular formula is C15H20O4. The lowest BCUT2D eigenvalue weighted by molar-refractivity contribution is -0.169. The second-order valence-electron chi connectivity index (χ2n) is 6.47. The van der Waals surface area contributed by atoms with Crippen LogP contribution in [0.5, 0.6) is 0 Å². The van der Waals surface area contributed by atoms with Crippen molar-refractivity contribution < 1.29 is 19.4 Å². The number of aliphatic hydroxyl groups is 1. The predicted molar refractivity (Wildman–Crippen MR) is 68.1 cm³/mol. The maximum absolute atomic E-state index is 11.7. The first-order valence-electron chi connectivity index (χ1n) is 7.02. The molecule has 0 amide bonds. The molecule has 1 heterocycles. The number of carbonyl (C=O) groups excluding carboxylic acids is 2. The van der Waals surface area contributed by atoms with Gasteiger partial charge in [-0.1, -0.05) is 13.5 Å². The molecule has 0 aromatic heterocycles. The Morgan fingerprint density at radius 3 is 2.84 bits per heavy atom. The Morgan fingerprint density at radius 2 is 2.16 bits per heavy atom. The summed E-state index contributed by atoms with van der Waals surface area (Å²) in [6.45, 7) is 5.86. The van der Waals surface area contributed by atoms with E-state index in [2.05, 4.69) is 6.58 Å². The number of ether oxygens (including phenoxy) is 1. The largest absolute Gasteiger partial charge is 0.458 e. The molecule has 2 saturated carbocycles. The van der Waals surface area contributed by atoms with Crippen molar-refractivity contribution in [2.24, 2.45) is 23.2 Å². The van der Waals surface area contributed by atoms with Crippen LogP contribution in [0.1, 0.15) is 32.6 Å². The van der Waals surface area contributed by atoms with Crippen LogP contribution in [0.25, 0.3) is 0 Å². The highest BCUT2D eigenvalue weighted by atomic mass is 16.6. The number of carbonyl (C=O) groups is 2. The van der Waals surface area contributed by atoms with Crippen LogP contribution in [-0.2, 0) is 14.3 Å². The molecule has 0 aromatic carbocycles. The Labute approximate surface area is 112 Å². The molecule has 0 bridgehead atoms. The minimum atomic E-state index is -0.415. The number of aldehydes is 1. The fourth-order valence-electron chi connectivity index (χ4n) is 4.44. The third-order valence-electron chi connectivity index (χ3n) is 5.63. The predicted octanol–water partition coefficient (Wildman–Crippen LogP) is 1.47. The average Bonchev–Trinajstić information content (AvgIpc) is 2.67. The van der Waals surface area contributed by atoms with Gasteiger partial charge in [0.05, 0.1) is 6.10 Å². The Morgan fingerprint density at radius 1 is 1.42 bits per heavy atom. The fraction of sp³-hybridized carbons (Fsp3) is 0.733. The minimum Gasteiger partial charge on any atom is -0.458 e. The first-order chi connectivity index (χ1) is 8.99. The highest BCUT2D eigenvalue weighted by molar-refractivity contribution is 5.91. The van der Waals surface area contributed by atoms with E-state index in [4.69, 9.17) is 4.74 Å². The molecule has 3 aliphatic rings. The number of rotatable bonds is 1. The second-order valence-corrected chi connectivity index (χ2v) is 6.47. The van der Waals surface area contributed by atoms with Crippen LogP contribution in [0, 0.1) is 23.2 Å². The smallest absolute Gasteiger partial charge is 0.334 e. The number of fused-ring (bicyclic) bond motifs is 3. The number of hydrogen-bond donors (Lipinski definition) is 1. The Hall–Kier alpha value is -1.16. The van der Waals surface area contributed by atoms with Crippen LogP contribution in [0.2, 0.25) is 0 Å². The Bertz CT molecular complexity index is 443. The molecule has 1 aliphatic heterocycles. The Kier molecular flexibility index (Phi) is 2.82. The van der Waals surface area contributed by atoms with Crippen molar-refractivity contribution in [2.45, 2.75) is 44.8 Å². The van der Waals surface area contributed by atoms with E-state index >= 15 is 0 Å². The maximum Gasteiger partial charge on any atom is 0.334 e. The highest BCUT2D eigenvalue weighted by Gasteiger charge is 2.59. The summed E-state index contributed by atoms with van der Waals surface area (Å²) in [7, 11) is 0. The van der Waals surface area contributed by atoms with Crippen molar-refractivity contribution in [3.05, 3.63) is 12.2 Å². The van der Waals surface area contributed by atoms with Crippen molar-refractivity contribution in [3.63, 3.8) is 0 Å². The first-order valence-corrected chi connectivity index (χ1v) is 7.02. The van der Waals surface area contributed by atoms with Gasteiger partial charge in [-0.3, -0.25) is 0 Å². The van der Waals surface area contributed by atoms with Gasteiger partial charge in [-0.05, 0) is 25.7 Å². The molecule has 6 unspecified atom stereocenters. The van der Waals surface area contributed by atoms with Gasteiger partial charge in [0.25, 0.3) is 0 Å². The van der Waals surface area contributed by atoms with Gasteiger partial charge in [0.1, 0.15) is 12.4 Å². The molecule has 104 valence electrons. The van der Waals surface area contributed by atoms with Crippen LogP contribution < -0.4 is 0 Å². The lowest BCUT2D eigenvalue weighted by Crippen LogP contribution is -2.56. The van der Waals surface area contributed by atoms with E-state index in [1.54, 1.807) is 0 Å². The fourth-order valence-corrected chi connectivity index (χ4v) is 4.44. The van der Waals surface area contributed by atoms with E-state index in [0.717, 1.165) is 19.1 Å². The van der Waals surface area contributed by atoms with E-state index in [1.807, 2.05) is 6.92 Å². The second kappa shape index (κ2) is 4.17. The van der Waals surface area contributed by atoms with E-state index in [1.165, 1.54) is 0 Å². The summed E-state index contributed by atoms with van der Waals surface area (Å²) >= 11 is 0. The van der Waals surface area contributed by atoms with E-state index in [0.29, 0.717) is 18.4 Å². The Balaban J connectivity index is 2.00. The van der Waals surface area contributed by atoms with E-state index in [-0.39, 0.29) is 35.2 Å². The van der Waals surface area contributed by atoms with Crippen molar-refractivity contribution in [3.8, 4) is 0 Å². The third kappa shape index (κ3) is 1.62. The van der Waals surface area contributed by atoms with Gasteiger partial charge in [-0.25, -0.2) is 4.79 Å². The monoisotopic (exact) mass is 264 g/mol. The summed E-state index contributed by atoms with van der Waals surface area (Å²) in [6.07, 6.45) is 3.25. The van der Waals surface area contributed by atoms with Crippen LogP contribution in [0.3, 0.4) is 0 Å². The SMILES string of the molecule is C=C1C(=O)OC2C1CCC1(C)C(O)CCC(C=O)C21. The summed E-state index contributed by atoms with van der Waals surface area (Å²) in [5.74, 6) is -0.502. The van der Waals surface area contributed by atoms with Gasteiger partial charge in [-0.15, -0.1) is 0 Å². The van der Waals surface area contributed by atoms with Gasteiger partial charge in [0.15, 0.2) is 0 Å². The van der Waals surface area contributed by atoms with Crippen molar-refractivity contribution in [1.29, 1.82) is 0 Å². The molecule has 19 heavy (non-hydrogen) atoms. The molecule has 0 aromatic rings. The van der Waals surface area contributed by atoms with Gasteiger partial charge < -0.3 is 14.6 Å². The van der Waals surface area contributed by atoms with Gasteiger partial charge >= 0.3 is 5.97 Å². The number of hydrogen-bond acceptors (Lipinski definition) is 4. The van der Waals surface area contributed by atoms with Crippen LogP contribution in [0.4, 0.5) is 0 Å². The molecule has 3 rings (SSSR count). The maximum atomic E-state index is 11.7. The molecule has 6 atom stereocenters. The summed E-state index contributed by atoms with van der Waals surface area (Å²) in [5, 5.41) is 10.3. The topological polar surface area (TPSA) is 63.6 Å². The van der Waals surface area contributed by atoms with Gasteiger partial charge in [0, 0.05) is 28.7 Å². The number of aliphatic hydroxyl groups excluding tert-OH is 1. The van der Waals surface area contributed by atoms with Crippen molar-refractivity contribution in [1.82, 2.24) is 0 Å². The zero-order chi connectivity index (χ0) is 13.8. The molecule has 4 nitrogen and oxygen atoms in total. The summed E-state index contributed by atoms with van der Waals surface area (Å²) in [6, 6.07) is 0. The quantitative estimate of drug-likeness (QED) is 0.442. The third-order valence-corrected chi connectivity index (χ3v) is 5.63. The molecular weight excluding hydrogens is 244 g/mol.